The van der Waals surface area contributed by atoms with Crippen LogP contribution in [0.15, 0.2) is 83.7 Å². The van der Waals surface area contributed by atoms with Crippen molar-refractivity contribution in [1.82, 2.24) is 34.9 Å². The summed E-state index contributed by atoms with van der Waals surface area (Å²) in [5.74, 6) is 0.638. The van der Waals surface area contributed by atoms with Crippen LogP contribution in [-0.2, 0) is 17.8 Å². The standard InChI is InChI=1S/C27H25N7O3/c1-2-19-8-10-20(11-9-19)22-12-15-26(36)33(31-22)18-24(35)28-16-17-37-25-14-13-23-29-30-27(34(23)32-25)21-6-4-3-5-7-21/h3-15H,2,16-18H2,1H3,(H,28,35). The number of fused-ring (bicyclic) bond motifs is 1. The Bertz CT molecular complexity index is 1580. The number of nitrogens with zero attached hydrogens (tertiary/aromatic N) is 6. The molecule has 5 rings (SSSR count). The van der Waals surface area contributed by atoms with Gasteiger partial charge in [-0.2, -0.15) is 9.61 Å². The third-order valence-corrected chi connectivity index (χ3v) is 5.76. The Kier molecular flexibility index (Phi) is 6.98. The number of nitrogens with one attached hydrogen (secondary N) is 1. The third kappa shape index (κ3) is 5.53. The molecule has 1 amide bonds. The molecule has 0 aliphatic rings. The highest BCUT2D eigenvalue weighted by atomic mass is 16.5. The normalized spacial score (nSPS) is 10.9. The maximum atomic E-state index is 12.4. The van der Waals surface area contributed by atoms with Crippen LogP contribution in [0.2, 0.25) is 0 Å². The van der Waals surface area contributed by atoms with Gasteiger partial charge in [-0.15, -0.1) is 15.3 Å². The minimum Gasteiger partial charge on any atom is -0.475 e. The number of amides is 1. The summed E-state index contributed by atoms with van der Waals surface area (Å²) in [4.78, 5) is 24.7. The van der Waals surface area contributed by atoms with E-state index in [1.807, 2.05) is 54.6 Å². The van der Waals surface area contributed by atoms with Gasteiger partial charge < -0.3 is 10.1 Å². The van der Waals surface area contributed by atoms with Gasteiger partial charge in [0.1, 0.15) is 13.2 Å². The van der Waals surface area contributed by atoms with Gasteiger partial charge in [-0.05, 0) is 24.1 Å². The molecule has 186 valence electrons. The highest BCUT2D eigenvalue weighted by Crippen LogP contribution is 2.19. The number of hydrogen-bond donors (Lipinski definition) is 1. The van der Waals surface area contributed by atoms with E-state index in [9.17, 15) is 9.59 Å². The molecule has 0 aliphatic heterocycles. The van der Waals surface area contributed by atoms with E-state index < -0.39 is 0 Å². The molecule has 0 spiro atoms. The molecule has 0 aliphatic carbocycles. The van der Waals surface area contributed by atoms with E-state index in [2.05, 4.69) is 32.6 Å². The number of carbonyl (C=O) groups is 1. The molecular formula is C27H25N7O3. The molecule has 10 heteroatoms. The zero-order chi connectivity index (χ0) is 25.6. The second kappa shape index (κ2) is 10.8. The lowest BCUT2D eigenvalue weighted by atomic mass is 10.1. The van der Waals surface area contributed by atoms with Gasteiger partial charge in [0.2, 0.25) is 11.8 Å². The van der Waals surface area contributed by atoms with Crippen molar-refractivity contribution in [1.29, 1.82) is 0 Å². The molecule has 1 N–H and O–H groups in total. The van der Waals surface area contributed by atoms with E-state index in [0.717, 1.165) is 22.2 Å². The average molecular weight is 496 g/mol. The van der Waals surface area contributed by atoms with Crippen LogP contribution in [0.25, 0.3) is 28.3 Å². The molecular weight excluding hydrogens is 470 g/mol. The monoisotopic (exact) mass is 495 g/mol. The van der Waals surface area contributed by atoms with Gasteiger partial charge in [0.05, 0.1) is 12.2 Å². The Morgan fingerprint density at radius 2 is 1.70 bits per heavy atom. The molecule has 0 saturated carbocycles. The SMILES string of the molecule is CCc1ccc(-c2ccc(=O)n(CC(=O)NCCOc3ccc4nnc(-c5ccccc5)n4n3)n2)cc1. The minimum atomic E-state index is -0.346. The third-order valence-electron chi connectivity index (χ3n) is 5.76. The summed E-state index contributed by atoms with van der Waals surface area (Å²) in [7, 11) is 0. The zero-order valence-corrected chi connectivity index (χ0v) is 20.2. The molecule has 37 heavy (non-hydrogen) atoms. The second-order valence-electron chi connectivity index (χ2n) is 8.29. The maximum absolute atomic E-state index is 12.4. The number of aromatic nitrogens is 6. The van der Waals surface area contributed by atoms with Crippen molar-refractivity contribution in [3.05, 3.63) is 94.8 Å². The van der Waals surface area contributed by atoms with Gasteiger partial charge in [0, 0.05) is 23.3 Å². The van der Waals surface area contributed by atoms with E-state index in [-0.39, 0.29) is 31.2 Å². The summed E-state index contributed by atoms with van der Waals surface area (Å²) in [6.45, 7) is 2.33. The van der Waals surface area contributed by atoms with Crippen LogP contribution in [-0.4, -0.2) is 48.7 Å². The fourth-order valence-corrected chi connectivity index (χ4v) is 3.78. The molecule has 3 aromatic heterocycles. The van der Waals surface area contributed by atoms with Gasteiger partial charge in [-0.3, -0.25) is 9.59 Å². The van der Waals surface area contributed by atoms with Gasteiger partial charge >= 0.3 is 0 Å². The van der Waals surface area contributed by atoms with Gasteiger partial charge in [-0.1, -0.05) is 61.5 Å². The second-order valence-corrected chi connectivity index (χ2v) is 8.29. The lowest BCUT2D eigenvalue weighted by molar-refractivity contribution is -0.122. The first-order valence-corrected chi connectivity index (χ1v) is 12.0. The first-order chi connectivity index (χ1) is 18.1. The Hall–Kier alpha value is -4.86. The van der Waals surface area contributed by atoms with E-state index in [0.29, 0.717) is 23.0 Å². The van der Waals surface area contributed by atoms with Crippen LogP contribution in [0.5, 0.6) is 5.88 Å². The molecule has 0 bridgehead atoms. The molecule has 0 saturated heterocycles. The molecule has 0 atom stereocenters. The van der Waals surface area contributed by atoms with Crippen molar-refractivity contribution in [2.45, 2.75) is 19.9 Å². The number of benzene rings is 2. The van der Waals surface area contributed by atoms with Gasteiger partial charge in [-0.25, -0.2) is 4.68 Å². The van der Waals surface area contributed by atoms with Crippen LogP contribution in [0.1, 0.15) is 12.5 Å². The number of rotatable bonds is 9. The summed E-state index contributed by atoms with van der Waals surface area (Å²) in [5.41, 5.74) is 3.86. The molecule has 0 radical (unpaired) electrons. The van der Waals surface area contributed by atoms with E-state index in [1.165, 1.54) is 11.6 Å². The van der Waals surface area contributed by atoms with Gasteiger partial charge in [0.15, 0.2) is 11.5 Å². The van der Waals surface area contributed by atoms with E-state index in [1.54, 1.807) is 22.7 Å². The summed E-state index contributed by atoms with van der Waals surface area (Å²) >= 11 is 0. The Morgan fingerprint density at radius 3 is 2.49 bits per heavy atom. The zero-order valence-electron chi connectivity index (χ0n) is 20.2. The fraction of sp³-hybridized carbons (Fsp3) is 0.185. The average Bonchev–Trinajstić information content (AvgIpc) is 3.36. The van der Waals surface area contributed by atoms with Crippen molar-refractivity contribution >= 4 is 11.6 Å². The molecule has 0 fully saturated rings. The van der Waals surface area contributed by atoms with Crippen LogP contribution in [0.4, 0.5) is 0 Å². The lowest BCUT2D eigenvalue weighted by Gasteiger charge is -2.09. The highest BCUT2D eigenvalue weighted by molar-refractivity contribution is 5.75. The molecule has 10 nitrogen and oxygen atoms in total. The Labute approximate surface area is 212 Å². The van der Waals surface area contributed by atoms with Crippen LogP contribution in [0, 0.1) is 0 Å². The first-order valence-electron chi connectivity index (χ1n) is 12.0. The molecule has 0 unspecified atom stereocenters. The Morgan fingerprint density at radius 1 is 0.892 bits per heavy atom. The minimum absolute atomic E-state index is 0.189. The summed E-state index contributed by atoms with van der Waals surface area (Å²) in [6.07, 6.45) is 0.942. The number of aryl methyl sites for hydroxylation is 1. The van der Waals surface area contributed by atoms with Gasteiger partial charge in [0.25, 0.3) is 5.56 Å². The lowest BCUT2D eigenvalue weighted by Crippen LogP contribution is -2.35. The number of ether oxygens (including phenoxy) is 1. The van der Waals surface area contributed by atoms with Crippen molar-refractivity contribution in [3.8, 4) is 28.5 Å². The van der Waals surface area contributed by atoms with Crippen LogP contribution < -0.4 is 15.6 Å². The summed E-state index contributed by atoms with van der Waals surface area (Å²) in [5, 5.41) is 19.9. The van der Waals surface area contributed by atoms with Crippen molar-refractivity contribution in [2.75, 3.05) is 13.2 Å². The molecule has 5 aromatic rings. The van der Waals surface area contributed by atoms with Crippen molar-refractivity contribution in [2.24, 2.45) is 0 Å². The Balaban J connectivity index is 1.17. The smallest absolute Gasteiger partial charge is 0.267 e. The van der Waals surface area contributed by atoms with Crippen LogP contribution in [0.3, 0.4) is 0 Å². The summed E-state index contributed by atoms with van der Waals surface area (Å²) < 4.78 is 8.48. The molecule has 2 aromatic carbocycles. The molecule has 3 heterocycles. The number of carbonyl (C=O) groups excluding carboxylic acids is 1. The van der Waals surface area contributed by atoms with Crippen LogP contribution >= 0.6 is 0 Å². The number of hydrogen-bond acceptors (Lipinski definition) is 7. The summed E-state index contributed by atoms with van der Waals surface area (Å²) in [6, 6.07) is 24.1. The first kappa shape index (κ1) is 23.9. The van der Waals surface area contributed by atoms with Crippen molar-refractivity contribution < 1.29 is 9.53 Å². The van der Waals surface area contributed by atoms with E-state index >= 15 is 0 Å². The maximum Gasteiger partial charge on any atom is 0.267 e. The predicted molar refractivity (Wildman–Crippen MR) is 138 cm³/mol. The predicted octanol–water partition coefficient (Wildman–Crippen LogP) is 2.77. The van der Waals surface area contributed by atoms with Crippen molar-refractivity contribution in [3.63, 3.8) is 0 Å². The quantitative estimate of drug-likeness (QED) is 0.313. The van der Waals surface area contributed by atoms with E-state index in [4.69, 9.17) is 4.74 Å². The topological polar surface area (TPSA) is 116 Å². The fourth-order valence-electron chi connectivity index (χ4n) is 3.78. The largest absolute Gasteiger partial charge is 0.475 e. The highest BCUT2D eigenvalue weighted by Gasteiger charge is 2.11.